The van der Waals surface area contributed by atoms with E-state index in [1.54, 1.807) is 45.4 Å². The van der Waals surface area contributed by atoms with Crippen LogP contribution in [-0.4, -0.2) is 53.7 Å². The molecule has 2 aromatic rings. The molecule has 8 nitrogen and oxygen atoms in total. The third-order valence-corrected chi connectivity index (χ3v) is 3.31. The van der Waals surface area contributed by atoms with E-state index in [0.717, 1.165) is 0 Å². The summed E-state index contributed by atoms with van der Waals surface area (Å²) in [5, 5.41) is 0. The zero-order valence-corrected chi connectivity index (χ0v) is 17.2. The Morgan fingerprint density at radius 3 is 2.38 bits per heavy atom. The van der Waals surface area contributed by atoms with E-state index >= 15 is 0 Å². The molecular weight excluding hydrogens is 372 g/mol. The Morgan fingerprint density at radius 1 is 1.17 bits per heavy atom. The molecule has 0 fully saturated rings. The third kappa shape index (κ3) is 8.75. The Kier molecular flexibility index (Phi) is 10.3. The zero-order valence-electron chi connectivity index (χ0n) is 17.2. The molecule has 0 bridgehead atoms. The standard InChI is InChI=1S/C13H14N2O2.C8H12N2O2/c1-2-17-13(16)12-9-15(10-14-12)8-11-6-4-3-5-7-11;1-5-12-8(11)7(9-2)6-10(3)4/h3-7,9-10H,2,8H2,1H3;6H,5H2,1,3-4H3/b;7-6-. The van der Waals surface area contributed by atoms with Gasteiger partial charge in [-0.25, -0.2) is 14.6 Å². The fraction of sp³-hybridized carbons (Fsp3) is 0.333. The first-order valence-corrected chi connectivity index (χ1v) is 9.06. The molecule has 0 unspecified atom stereocenters. The highest BCUT2D eigenvalue weighted by atomic mass is 16.5. The summed E-state index contributed by atoms with van der Waals surface area (Å²) in [5.74, 6) is -0.944. The van der Waals surface area contributed by atoms with Crippen molar-refractivity contribution in [2.45, 2.75) is 20.4 Å². The fourth-order valence-electron chi connectivity index (χ4n) is 2.13. The molecule has 0 N–H and O–H groups in total. The number of hydrogen-bond acceptors (Lipinski definition) is 6. The van der Waals surface area contributed by atoms with Gasteiger partial charge in [0.15, 0.2) is 5.69 Å². The van der Waals surface area contributed by atoms with E-state index < -0.39 is 5.97 Å². The molecule has 0 aliphatic rings. The number of esters is 2. The van der Waals surface area contributed by atoms with Gasteiger partial charge in [-0.3, -0.25) is 4.79 Å². The van der Waals surface area contributed by atoms with E-state index in [4.69, 9.17) is 11.3 Å². The lowest BCUT2D eigenvalue weighted by molar-refractivity contribution is -0.138. The summed E-state index contributed by atoms with van der Waals surface area (Å²) in [7, 11) is 3.48. The second-order valence-corrected chi connectivity index (χ2v) is 5.95. The van der Waals surface area contributed by atoms with E-state index in [0.29, 0.717) is 25.5 Å². The Bertz CT molecular complexity index is 851. The first-order valence-electron chi connectivity index (χ1n) is 9.06. The Hall–Kier alpha value is -3.60. The van der Waals surface area contributed by atoms with Gasteiger partial charge in [0.05, 0.1) is 26.1 Å². The molecule has 0 aliphatic heterocycles. The highest BCUT2D eigenvalue weighted by Crippen LogP contribution is 2.05. The number of ether oxygens (including phenoxy) is 2. The topological polar surface area (TPSA) is 78.0 Å². The molecule has 0 radical (unpaired) electrons. The van der Waals surface area contributed by atoms with E-state index in [1.165, 1.54) is 11.8 Å². The predicted octanol–water partition coefficient (Wildman–Crippen LogP) is 2.98. The van der Waals surface area contributed by atoms with Gasteiger partial charge >= 0.3 is 11.9 Å². The van der Waals surface area contributed by atoms with Crippen LogP contribution in [0.5, 0.6) is 0 Å². The minimum absolute atomic E-state index is 0.00171. The number of rotatable bonds is 7. The summed E-state index contributed by atoms with van der Waals surface area (Å²) in [6, 6.07) is 10.0. The second-order valence-electron chi connectivity index (χ2n) is 5.95. The average Bonchev–Trinajstić information content (AvgIpc) is 3.16. The van der Waals surface area contributed by atoms with Crippen LogP contribution < -0.4 is 0 Å². The number of hydrogen-bond donors (Lipinski definition) is 0. The van der Waals surface area contributed by atoms with Crippen molar-refractivity contribution in [3.63, 3.8) is 0 Å². The number of carbonyl (C=O) groups excluding carboxylic acids is 2. The van der Waals surface area contributed by atoms with Crippen molar-refractivity contribution in [3.8, 4) is 0 Å². The van der Waals surface area contributed by atoms with Crippen LogP contribution in [0.2, 0.25) is 0 Å². The lowest BCUT2D eigenvalue weighted by Gasteiger charge is -2.05. The van der Waals surface area contributed by atoms with Crippen molar-refractivity contribution in [2.24, 2.45) is 0 Å². The van der Waals surface area contributed by atoms with Crippen molar-refractivity contribution in [1.82, 2.24) is 14.5 Å². The maximum Gasteiger partial charge on any atom is 0.358 e. The SMILES string of the molecule is CCOC(=O)c1cn(Cc2ccccc2)cn1.[C-]#[N+]/C(=C\N(C)C)C(=O)OCC. The molecule has 0 saturated heterocycles. The number of nitrogens with zero attached hydrogens (tertiary/aromatic N) is 4. The van der Waals surface area contributed by atoms with E-state index in [1.807, 2.05) is 34.9 Å². The maximum absolute atomic E-state index is 11.4. The quantitative estimate of drug-likeness (QED) is 0.405. The van der Waals surface area contributed by atoms with Crippen molar-refractivity contribution in [3.05, 3.63) is 77.4 Å². The van der Waals surface area contributed by atoms with E-state index in [-0.39, 0.29) is 11.7 Å². The molecule has 29 heavy (non-hydrogen) atoms. The molecule has 0 amide bonds. The molecule has 1 heterocycles. The summed E-state index contributed by atoms with van der Waals surface area (Å²) >= 11 is 0. The highest BCUT2D eigenvalue weighted by molar-refractivity contribution is 5.90. The molecule has 154 valence electrons. The predicted molar refractivity (Wildman–Crippen MR) is 109 cm³/mol. The lowest BCUT2D eigenvalue weighted by atomic mass is 10.2. The maximum atomic E-state index is 11.4. The second kappa shape index (κ2) is 12.7. The lowest BCUT2D eigenvalue weighted by Crippen LogP contribution is -2.10. The van der Waals surface area contributed by atoms with Crippen LogP contribution in [0.4, 0.5) is 0 Å². The highest BCUT2D eigenvalue weighted by Gasteiger charge is 2.10. The van der Waals surface area contributed by atoms with Gasteiger partial charge in [0, 0.05) is 33.0 Å². The van der Waals surface area contributed by atoms with Gasteiger partial charge in [0.25, 0.3) is 5.70 Å². The molecular formula is C21H26N4O4. The van der Waals surface area contributed by atoms with Gasteiger partial charge in [0.1, 0.15) is 0 Å². The summed E-state index contributed by atoms with van der Waals surface area (Å²) in [4.78, 5) is 31.1. The molecule has 1 aromatic carbocycles. The number of aromatic nitrogens is 2. The Labute approximate surface area is 171 Å². The summed E-state index contributed by atoms with van der Waals surface area (Å²) in [5.41, 5.74) is 1.52. The van der Waals surface area contributed by atoms with Crippen LogP contribution in [0, 0.1) is 6.57 Å². The van der Waals surface area contributed by atoms with Gasteiger partial charge < -0.3 is 18.9 Å². The van der Waals surface area contributed by atoms with Gasteiger partial charge in [-0.05, 0) is 19.4 Å². The molecule has 0 spiro atoms. The van der Waals surface area contributed by atoms with Crippen LogP contribution in [-0.2, 0) is 20.8 Å². The number of imidazole rings is 1. The van der Waals surface area contributed by atoms with Crippen LogP contribution in [0.3, 0.4) is 0 Å². The van der Waals surface area contributed by atoms with Crippen LogP contribution in [0.25, 0.3) is 4.85 Å². The van der Waals surface area contributed by atoms with Crippen molar-refractivity contribution < 1.29 is 19.1 Å². The molecule has 2 rings (SSSR count). The first-order chi connectivity index (χ1) is 13.9. The molecule has 1 aromatic heterocycles. The van der Waals surface area contributed by atoms with Crippen LogP contribution in [0.1, 0.15) is 29.9 Å². The zero-order chi connectivity index (χ0) is 21.6. The van der Waals surface area contributed by atoms with Crippen molar-refractivity contribution in [1.29, 1.82) is 0 Å². The number of benzene rings is 1. The molecule has 0 saturated carbocycles. The third-order valence-electron chi connectivity index (χ3n) is 3.31. The monoisotopic (exact) mass is 398 g/mol. The van der Waals surface area contributed by atoms with Crippen LogP contribution in [0.15, 0.2) is 54.8 Å². The van der Waals surface area contributed by atoms with E-state index in [9.17, 15) is 9.59 Å². The summed E-state index contributed by atoms with van der Waals surface area (Å²) in [6.45, 7) is 11.5. The average molecular weight is 398 g/mol. The summed E-state index contributed by atoms with van der Waals surface area (Å²) < 4.78 is 11.4. The van der Waals surface area contributed by atoms with Crippen molar-refractivity contribution >= 4 is 11.9 Å². The van der Waals surface area contributed by atoms with Crippen molar-refractivity contribution in [2.75, 3.05) is 27.3 Å². The van der Waals surface area contributed by atoms with Crippen LogP contribution >= 0.6 is 0 Å². The van der Waals surface area contributed by atoms with Gasteiger partial charge in [-0.1, -0.05) is 30.3 Å². The van der Waals surface area contributed by atoms with E-state index in [2.05, 4.69) is 14.6 Å². The Morgan fingerprint density at radius 2 is 1.83 bits per heavy atom. The minimum atomic E-state index is -0.568. The minimum Gasteiger partial charge on any atom is -0.471 e. The normalized spacial score (nSPS) is 10.2. The van der Waals surface area contributed by atoms with Gasteiger partial charge in [-0.15, -0.1) is 0 Å². The first kappa shape index (κ1) is 23.4. The van der Waals surface area contributed by atoms with Gasteiger partial charge in [-0.2, -0.15) is 0 Å². The number of carbonyl (C=O) groups is 2. The summed E-state index contributed by atoms with van der Waals surface area (Å²) in [6.07, 6.45) is 4.77. The largest absolute Gasteiger partial charge is 0.471 e. The molecule has 0 atom stereocenters. The Balaban J connectivity index is 0.000000311. The molecule has 0 aliphatic carbocycles. The molecule has 8 heteroatoms. The fourth-order valence-corrected chi connectivity index (χ4v) is 2.13. The van der Waals surface area contributed by atoms with Gasteiger partial charge in [0.2, 0.25) is 0 Å². The smallest absolute Gasteiger partial charge is 0.358 e.